The van der Waals surface area contributed by atoms with Gasteiger partial charge in [-0.15, -0.1) is 13.2 Å². The molecule has 2 bridgehead atoms. The van der Waals surface area contributed by atoms with Gasteiger partial charge in [-0.25, -0.2) is 0 Å². The van der Waals surface area contributed by atoms with E-state index in [2.05, 4.69) is 39.2 Å². The molecule has 1 spiro atoms. The van der Waals surface area contributed by atoms with E-state index in [1.165, 1.54) is 0 Å². The fraction of sp³-hybridized carbons (Fsp3) is 0.641. The molecule has 0 aliphatic carbocycles. The molecule has 1 aromatic carbocycles. The van der Waals surface area contributed by atoms with Crippen molar-refractivity contribution in [1.29, 1.82) is 0 Å². The van der Waals surface area contributed by atoms with Crippen LogP contribution in [-0.2, 0) is 28.7 Å². The monoisotopic (exact) mass is 679 g/mol. The highest BCUT2D eigenvalue weighted by Gasteiger charge is 2.75. The summed E-state index contributed by atoms with van der Waals surface area (Å²) in [4.78, 5) is 59.6. The van der Waals surface area contributed by atoms with Crippen LogP contribution in [0.2, 0.25) is 0 Å². The van der Waals surface area contributed by atoms with Crippen LogP contribution >= 0.6 is 0 Å². The largest absolute Gasteiger partial charge is 0.455 e. The Morgan fingerprint density at radius 2 is 1.84 bits per heavy atom. The Morgan fingerprint density at radius 1 is 1.12 bits per heavy atom. The summed E-state index contributed by atoms with van der Waals surface area (Å²) in [5.41, 5.74) is -1.08. The maximum absolute atomic E-state index is 14.9. The third kappa shape index (κ3) is 8.46. The number of esters is 1. The number of carbonyl (C=O) groups is 4. The van der Waals surface area contributed by atoms with Crippen molar-refractivity contribution in [3.05, 3.63) is 61.2 Å². The maximum Gasteiger partial charge on any atom is 0.313 e. The number of rotatable bonds is 18. The second kappa shape index (κ2) is 16.0. The zero-order chi connectivity index (χ0) is 36.0. The summed E-state index contributed by atoms with van der Waals surface area (Å²) in [6, 6.07) is 8.31. The van der Waals surface area contributed by atoms with Crippen LogP contribution in [0.1, 0.15) is 97.7 Å². The number of allylic oxidation sites excluding steroid dienone is 1. The van der Waals surface area contributed by atoms with E-state index >= 15 is 0 Å². The number of fused-ring (bicyclic) bond motifs is 1. The minimum atomic E-state index is -1.17. The molecule has 10 heteroatoms. The van der Waals surface area contributed by atoms with Gasteiger partial charge in [0.15, 0.2) is 0 Å². The van der Waals surface area contributed by atoms with Crippen LogP contribution in [0.3, 0.4) is 0 Å². The van der Waals surface area contributed by atoms with Gasteiger partial charge in [-0.2, -0.15) is 0 Å². The number of carbonyl (C=O) groups excluding carboxylic acids is 4. The summed E-state index contributed by atoms with van der Waals surface area (Å²) in [7, 11) is 0. The second-order valence-corrected chi connectivity index (χ2v) is 15.6. The molecule has 3 saturated heterocycles. The van der Waals surface area contributed by atoms with E-state index in [-0.39, 0.29) is 42.7 Å². The molecule has 0 unspecified atom stereocenters. The standard InChI is InChI=1S/C39H57N3O7/c1-8-10-19-30(44)40-25-29(27-17-13-11-14-18-27)48-36(47)31-28-20-21-39(49-28)32(31)34(45)41(23-15-12-16-24-43)33(39)35(46)42(22-9-2)38(6,7)26-37(3,4)5/h8-9,11,13-14,17-18,28-29,31-33,43H,1-2,10,12,15-16,19-26H2,3-7H3,(H,40,44)/t28-,29+,31+,32+,33-,39+/m1/s1. The molecule has 270 valence electrons. The van der Waals surface area contributed by atoms with E-state index in [0.29, 0.717) is 51.6 Å². The molecule has 3 aliphatic rings. The number of hydrogen-bond acceptors (Lipinski definition) is 7. The Kier molecular flexibility index (Phi) is 12.5. The number of ether oxygens (including phenoxy) is 2. The number of unbranched alkanes of at least 4 members (excludes halogenated alkanes) is 2. The molecule has 49 heavy (non-hydrogen) atoms. The Bertz CT molecular complexity index is 1360. The van der Waals surface area contributed by atoms with E-state index < -0.39 is 47.2 Å². The van der Waals surface area contributed by atoms with Gasteiger partial charge in [0, 0.05) is 31.7 Å². The first-order chi connectivity index (χ1) is 23.2. The van der Waals surface area contributed by atoms with Crippen LogP contribution < -0.4 is 5.32 Å². The summed E-state index contributed by atoms with van der Waals surface area (Å²) >= 11 is 0. The lowest BCUT2D eigenvalue weighted by molar-refractivity contribution is -0.160. The molecule has 3 amide bonds. The van der Waals surface area contributed by atoms with Gasteiger partial charge < -0.3 is 29.7 Å². The Balaban J connectivity index is 1.67. The van der Waals surface area contributed by atoms with Crippen molar-refractivity contribution in [2.45, 2.75) is 115 Å². The lowest BCUT2D eigenvalue weighted by Gasteiger charge is -2.45. The number of aliphatic hydroxyl groups is 1. The predicted molar refractivity (Wildman–Crippen MR) is 188 cm³/mol. The van der Waals surface area contributed by atoms with Crippen molar-refractivity contribution in [2.75, 3.05) is 26.2 Å². The summed E-state index contributed by atoms with van der Waals surface area (Å²) in [5, 5.41) is 12.3. The topological polar surface area (TPSA) is 125 Å². The van der Waals surface area contributed by atoms with Crippen LogP contribution in [-0.4, -0.2) is 88.1 Å². The average Bonchev–Trinajstić information content (AvgIpc) is 3.69. The average molecular weight is 680 g/mol. The number of nitrogens with one attached hydrogen (secondary N) is 1. The quantitative estimate of drug-likeness (QED) is 0.125. The van der Waals surface area contributed by atoms with E-state index in [4.69, 9.17) is 9.47 Å². The smallest absolute Gasteiger partial charge is 0.313 e. The molecule has 3 fully saturated rings. The molecule has 1 aromatic rings. The number of benzene rings is 1. The molecule has 4 rings (SSSR count). The third-order valence-electron chi connectivity index (χ3n) is 10.1. The molecular formula is C39H57N3O7. The van der Waals surface area contributed by atoms with Crippen molar-refractivity contribution in [2.24, 2.45) is 17.3 Å². The zero-order valence-electron chi connectivity index (χ0n) is 30.1. The molecule has 0 saturated carbocycles. The van der Waals surface area contributed by atoms with Crippen LogP contribution in [0.15, 0.2) is 55.6 Å². The van der Waals surface area contributed by atoms with Crippen molar-refractivity contribution >= 4 is 23.7 Å². The molecule has 3 aliphatic heterocycles. The van der Waals surface area contributed by atoms with Gasteiger partial charge in [0.05, 0.1) is 24.5 Å². The van der Waals surface area contributed by atoms with Gasteiger partial charge in [0.2, 0.25) is 17.7 Å². The van der Waals surface area contributed by atoms with Crippen LogP contribution in [0.25, 0.3) is 0 Å². The number of aliphatic hydroxyl groups excluding tert-OH is 1. The third-order valence-corrected chi connectivity index (χ3v) is 10.1. The highest BCUT2D eigenvalue weighted by atomic mass is 16.6. The lowest BCUT2D eigenvalue weighted by Crippen LogP contribution is -2.61. The Morgan fingerprint density at radius 3 is 2.47 bits per heavy atom. The second-order valence-electron chi connectivity index (χ2n) is 15.6. The van der Waals surface area contributed by atoms with Gasteiger partial charge in [0.25, 0.3) is 0 Å². The number of nitrogens with zero attached hydrogens (tertiary/aromatic N) is 2. The fourth-order valence-electron chi connectivity index (χ4n) is 8.46. The van der Waals surface area contributed by atoms with Crippen LogP contribution in [0.4, 0.5) is 0 Å². The van der Waals surface area contributed by atoms with E-state index in [0.717, 1.165) is 12.0 Å². The number of amides is 3. The van der Waals surface area contributed by atoms with E-state index in [9.17, 15) is 24.3 Å². The molecule has 6 atom stereocenters. The van der Waals surface area contributed by atoms with Gasteiger partial charge in [0.1, 0.15) is 17.7 Å². The molecule has 0 aromatic heterocycles. The van der Waals surface area contributed by atoms with Gasteiger partial charge >= 0.3 is 5.97 Å². The summed E-state index contributed by atoms with van der Waals surface area (Å²) in [5.74, 6) is -2.98. The van der Waals surface area contributed by atoms with Crippen molar-refractivity contribution in [1.82, 2.24) is 15.1 Å². The zero-order valence-corrected chi connectivity index (χ0v) is 30.1. The first kappa shape index (κ1) is 38.3. The van der Waals surface area contributed by atoms with Gasteiger partial charge in [-0.1, -0.05) is 63.3 Å². The Labute approximate surface area is 292 Å². The maximum atomic E-state index is 14.9. The van der Waals surface area contributed by atoms with Gasteiger partial charge in [-0.05, 0) is 69.8 Å². The SMILES string of the molecule is C=CCCC(=O)NC[C@H](OC(=O)[C@@H]1[C@H]2C(=O)N(CCCCCO)[C@H](C(=O)N(CC=C)C(C)(C)CC(C)(C)C)[C@]23CC[C@H]1O3)c1ccccc1. The van der Waals surface area contributed by atoms with Crippen molar-refractivity contribution < 1.29 is 33.8 Å². The van der Waals surface area contributed by atoms with Crippen molar-refractivity contribution in [3.63, 3.8) is 0 Å². The van der Waals surface area contributed by atoms with Crippen molar-refractivity contribution in [3.8, 4) is 0 Å². The van der Waals surface area contributed by atoms with E-state index in [1.54, 1.807) is 17.1 Å². The highest BCUT2D eigenvalue weighted by molar-refractivity contribution is 5.98. The molecular weight excluding hydrogens is 622 g/mol. The van der Waals surface area contributed by atoms with Crippen LogP contribution in [0, 0.1) is 17.3 Å². The summed E-state index contributed by atoms with van der Waals surface area (Å²) < 4.78 is 12.9. The Hall–Kier alpha value is -3.50. The minimum absolute atomic E-state index is 0.0486. The first-order valence-electron chi connectivity index (χ1n) is 17.9. The summed E-state index contributed by atoms with van der Waals surface area (Å²) in [6.45, 7) is 18.9. The van der Waals surface area contributed by atoms with E-state index in [1.807, 2.05) is 49.1 Å². The number of likely N-dealkylation sites (tertiary alicyclic amines) is 1. The van der Waals surface area contributed by atoms with Gasteiger partial charge in [-0.3, -0.25) is 19.2 Å². The highest BCUT2D eigenvalue weighted by Crippen LogP contribution is 2.59. The minimum Gasteiger partial charge on any atom is -0.455 e. The predicted octanol–water partition coefficient (Wildman–Crippen LogP) is 5.12. The first-order valence-corrected chi connectivity index (χ1v) is 17.9. The summed E-state index contributed by atoms with van der Waals surface area (Å²) in [6.07, 6.45) is 6.45. The molecule has 10 nitrogen and oxygen atoms in total. The number of hydrogen-bond donors (Lipinski definition) is 2. The normalized spacial score (nSPS) is 25.1. The fourth-order valence-corrected chi connectivity index (χ4v) is 8.46. The lowest BCUT2D eigenvalue weighted by atomic mass is 9.70. The molecule has 2 N–H and O–H groups in total. The molecule has 3 heterocycles. The molecule has 0 radical (unpaired) electrons. The van der Waals surface area contributed by atoms with Crippen LogP contribution in [0.5, 0.6) is 0 Å².